The first-order chi connectivity index (χ1) is 8.31. The zero-order chi connectivity index (χ0) is 12.1. The maximum absolute atomic E-state index is 13.7. The molecule has 1 saturated heterocycles. The maximum atomic E-state index is 13.7. The molecule has 1 aromatic rings. The van der Waals surface area contributed by atoms with Gasteiger partial charge in [-0.15, -0.1) is 11.6 Å². The summed E-state index contributed by atoms with van der Waals surface area (Å²) >= 11 is 5.60. The third kappa shape index (κ3) is 3.30. The van der Waals surface area contributed by atoms with Crippen LogP contribution in [0.3, 0.4) is 0 Å². The summed E-state index contributed by atoms with van der Waals surface area (Å²) in [6.45, 7) is 1.10. The van der Waals surface area contributed by atoms with Crippen LogP contribution in [0.15, 0.2) is 12.3 Å². The summed E-state index contributed by atoms with van der Waals surface area (Å²) in [4.78, 5) is 3.86. The molecule has 1 aliphatic heterocycles. The van der Waals surface area contributed by atoms with E-state index in [0.29, 0.717) is 12.2 Å². The molecule has 1 aromatic heterocycles. The van der Waals surface area contributed by atoms with E-state index in [1.807, 2.05) is 0 Å². The van der Waals surface area contributed by atoms with Crippen LogP contribution in [0.1, 0.15) is 24.8 Å². The fourth-order valence-electron chi connectivity index (χ4n) is 1.78. The van der Waals surface area contributed by atoms with Crippen molar-refractivity contribution in [3.8, 4) is 5.88 Å². The summed E-state index contributed by atoms with van der Waals surface area (Å²) in [5, 5.41) is 0. The molecule has 0 aromatic carbocycles. The van der Waals surface area contributed by atoms with Gasteiger partial charge in [-0.1, -0.05) is 0 Å². The van der Waals surface area contributed by atoms with Gasteiger partial charge in [0, 0.05) is 18.4 Å². The van der Waals surface area contributed by atoms with Crippen molar-refractivity contribution in [2.45, 2.75) is 31.2 Å². The van der Waals surface area contributed by atoms with Gasteiger partial charge in [-0.2, -0.15) is 0 Å². The van der Waals surface area contributed by atoms with Gasteiger partial charge in [0.1, 0.15) is 6.61 Å². The monoisotopic (exact) mass is 259 g/mol. The number of halogens is 2. The number of hydrogen-bond acceptors (Lipinski definition) is 3. The minimum absolute atomic E-state index is 0.0114. The molecule has 1 aliphatic rings. The van der Waals surface area contributed by atoms with E-state index < -0.39 is 5.82 Å². The van der Waals surface area contributed by atoms with E-state index in [0.717, 1.165) is 25.9 Å². The van der Waals surface area contributed by atoms with Gasteiger partial charge < -0.3 is 9.47 Å². The molecule has 0 N–H and O–H groups in total. The highest BCUT2D eigenvalue weighted by atomic mass is 35.5. The standard InChI is InChI=1S/C12H15ClFNO2/c13-7-9-4-5-15-12(11(9)14)17-8-10-3-1-2-6-16-10/h4-5,10H,1-3,6-8H2. The molecule has 1 fully saturated rings. The Hall–Kier alpha value is -0.870. The first-order valence-corrected chi connectivity index (χ1v) is 6.28. The highest BCUT2D eigenvalue weighted by Crippen LogP contribution is 2.20. The van der Waals surface area contributed by atoms with Gasteiger partial charge in [0.25, 0.3) is 5.88 Å². The SMILES string of the molecule is Fc1c(CCl)ccnc1OCC1CCCCO1. The number of hydrogen-bond donors (Lipinski definition) is 0. The van der Waals surface area contributed by atoms with Crippen LogP contribution in [-0.4, -0.2) is 24.3 Å². The molecule has 94 valence electrons. The van der Waals surface area contributed by atoms with Gasteiger partial charge in [-0.25, -0.2) is 9.37 Å². The Morgan fingerprint density at radius 1 is 1.53 bits per heavy atom. The quantitative estimate of drug-likeness (QED) is 0.779. The van der Waals surface area contributed by atoms with Crippen molar-refractivity contribution in [2.75, 3.05) is 13.2 Å². The number of ether oxygens (including phenoxy) is 2. The van der Waals surface area contributed by atoms with Crippen LogP contribution < -0.4 is 4.74 Å². The number of rotatable bonds is 4. The summed E-state index contributed by atoms with van der Waals surface area (Å²) in [5.41, 5.74) is 0.404. The number of pyridine rings is 1. The summed E-state index contributed by atoms with van der Waals surface area (Å²) in [5.74, 6) is -0.347. The van der Waals surface area contributed by atoms with Crippen molar-refractivity contribution in [3.05, 3.63) is 23.6 Å². The average molecular weight is 260 g/mol. The molecule has 3 nitrogen and oxygen atoms in total. The minimum atomic E-state index is -0.474. The van der Waals surface area contributed by atoms with Crippen molar-refractivity contribution < 1.29 is 13.9 Å². The van der Waals surface area contributed by atoms with E-state index in [-0.39, 0.29) is 17.9 Å². The Morgan fingerprint density at radius 2 is 2.41 bits per heavy atom. The van der Waals surface area contributed by atoms with Crippen LogP contribution in [-0.2, 0) is 10.6 Å². The van der Waals surface area contributed by atoms with Crippen molar-refractivity contribution in [1.82, 2.24) is 4.98 Å². The van der Waals surface area contributed by atoms with Crippen LogP contribution in [0.2, 0.25) is 0 Å². The summed E-state index contributed by atoms with van der Waals surface area (Å²) in [6, 6.07) is 1.55. The van der Waals surface area contributed by atoms with Gasteiger partial charge in [0.2, 0.25) is 0 Å². The molecule has 0 spiro atoms. The fraction of sp³-hybridized carbons (Fsp3) is 0.583. The molecule has 0 aliphatic carbocycles. The predicted octanol–water partition coefficient (Wildman–Crippen LogP) is 2.91. The zero-order valence-electron chi connectivity index (χ0n) is 9.49. The highest BCUT2D eigenvalue weighted by molar-refractivity contribution is 6.17. The Kier molecular flexibility index (Phi) is 4.57. The molecule has 17 heavy (non-hydrogen) atoms. The van der Waals surface area contributed by atoms with Gasteiger partial charge >= 0.3 is 0 Å². The lowest BCUT2D eigenvalue weighted by Crippen LogP contribution is -2.26. The minimum Gasteiger partial charge on any atom is -0.473 e. The van der Waals surface area contributed by atoms with E-state index in [9.17, 15) is 4.39 Å². The van der Waals surface area contributed by atoms with Crippen LogP contribution in [0, 0.1) is 5.82 Å². The van der Waals surface area contributed by atoms with E-state index in [4.69, 9.17) is 21.1 Å². The summed E-state index contributed by atoms with van der Waals surface area (Å²) < 4.78 is 24.6. The van der Waals surface area contributed by atoms with E-state index in [1.54, 1.807) is 6.07 Å². The second-order valence-electron chi connectivity index (χ2n) is 4.02. The second-order valence-corrected chi connectivity index (χ2v) is 4.29. The molecule has 5 heteroatoms. The van der Waals surface area contributed by atoms with Crippen molar-refractivity contribution in [3.63, 3.8) is 0 Å². The molecule has 1 atom stereocenters. The fourth-order valence-corrected chi connectivity index (χ4v) is 1.98. The Balaban J connectivity index is 1.93. The van der Waals surface area contributed by atoms with Crippen molar-refractivity contribution >= 4 is 11.6 Å². The average Bonchev–Trinajstić information content (AvgIpc) is 2.39. The van der Waals surface area contributed by atoms with Crippen LogP contribution in [0.5, 0.6) is 5.88 Å². The van der Waals surface area contributed by atoms with Crippen LogP contribution in [0.4, 0.5) is 4.39 Å². The molecule has 2 heterocycles. The van der Waals surface area contributed by atoms with Crippen LogP contribution >= 0.6 is 11.6 Å². The molecule has 1 unspecified atom stereocenters. The topological polar surface area (TPSA) is 31.4 Å². The maximum Gasteiger partial charge on any atom is 0.250 e. The third-order valence-electron chi connectivity index (χ3n) is 2.76. The second kappa shape index (κ2) is 6.17. The van der Waals surface area contributed by atoms with Crippen molar-refractivity contribution in [2.24, 2.45) is 0 Å². The van der Waals surface area contributed by atoms with Crippen LogP contribution in [0.25, 0.3) is 0 Å². The molecule has 0 saturated carbocycles. The smallest absolute Gasteiger partial charge is 0.250 e. The van der Waals surface area contributed by atoms with E-state index >= 15 is 0 Å². The summed E-state index contributed by atoms with van der Waals surface area (Å²) in [7, 11) is 0. The summed E-state index contributed by atoms with van der Waals surface area (Å²) in [6.07, 6.45) is 4.72. The van der Waals surface area contributed by atoms with Crippen molar-refractivity contribution in [1.29, 1.82) is 0 Å². The molecule has 0 radical (unpaired) electrons. The molecule has 0 bridgehead atoms. The predicted molar refractivity (Wildman–Crippen MR) is 62.8 cm³/mol. The van der Waals surface area contributed by atoms with Gasteiger partial charge in [0.15, 0.2) is 5.82 Å². The highest BCUT2D eigenvalue weighted by Gasteiger charge is 2.16. The Morgan fingerprint density at radius 3 is 3.12 bits per heavy atom. The zero-order valence-corrected chi connectivity index (χ0v) is 10.3. The molecule has 0 amide bonds. The Bertz CT molecular complexity index is 370. The van der Waals surface area contributed by atoms with Gasteiger partial charge in [-0.05, 0) is 25.3 Å². The first-order valence-electron chi connectivity index (χ1n) is 5.75. The third-order valence-corrected chi connectivity index (χ3v) is 3.05. The van der Waals surface area contributed by atoms with Gasteiger partial charge in [0.05, 0.1) is 12.0 Å². The lowest BCUT2D eigenvalue weighted by Gasteiger charge is -2.22. The Labute approximate surface area is 105 Å². The molecular formula is C12H15ClFNO2. The first kappa shape index (κ1) is 12.6. The van der Waals surface area contributed by atoms with Gasteiger partial charge in [-0.3, -0.25) is 0 Å². The molecular weight excluding hydrogens is 245 g/mol. The molecule has 2 rings (SSSR count). The van der Waals surface area contributed by atoms with E-state index in [2.05, 4.69) is 4.98 Å². The normalized spacial score (nSPS) is 20.2. The largest absolute Gasteiger partial charge is 0.473 e. The lowest BCUT2D eigenvalue weighted by atomic mass is 10.1. The number of nitrogens with zero attached hydrogens (tertiary/aromatic N) is 1. The lowest BCUT2D eigenvalue weighted by molar-refractivity contribution is -0.0127. The number of alkyl halides is 1. The van der Waals surface area contributed by atoms with E-state index in [1.165, 1.54) is 6.20 Å². The number of aromatic nitrogens is 1.